The molecule has 0 aliphatic heterocycles. The quantitative estimate of drug-likeness (QED) is 0.717. The molecule has 0 aliphatic rings. The third-order valence-corrected chi connectivity index (χ3v) is 3.02. The summed E-state index contributed by atoms with van der Waals surface area (Å²) in [5, 5.41) is 10.1. The van der Waals surface area contributed by atoms with E-state index in [1.54, 1.807) is 7.11 Å². The highest BCUT2D eigenvalue weighted by molar-refractivity contribution is 5.81. The summed E-state index contributed by atoms with van der Waals surface area (Å²) in [6.45, 7) is 2.92. The van der Waals surface area contributed by atoms with E-state index in [0.29, 0.717) is 12.2 Å². The maximum absolute atomic E-state index is 8.93. The Bertz CT molecular complexity index is 569. The van der Waals surface area contributed by atoms with Gasteiger partial charge < -0.3 is 14.0 Å². The van der Waals surface area contributed by atoms with Crippen LogP contribution in [-0.4, -0.2) is 31.5 Å². The Morgan fingerprint density at radius 2 is 2.11 bits per heavy atom. The van der Waals surface area contributed by atoms with E-state index >= 15 is 0 Å². The van der Waals surface area contributed by atoms with Crippen molar-refractivity contribution in [3.05, 3.63) is 36.0 Å². The highest BCUT2D eigenvalue weighted by atomic mass is 16.5. The van der Waals surface area contributed by atoms with Gasteiger partial charge in [0.1, 0.15) is 0 Å². The predicted molar refractivity (Wildman–Crippen MR) is 74.0 cm³/mol. The summed E-state index contributed by atoms with van der Waals surface area (Å²) >= 11 is 0. The minimum absolute atomic E-state index is 0.671. The zero-order valence-electron chi connectivity index (χ0n) is 11.1. The maximum atomic E-state index is 8.93. The molecule has 0 radical (unpaired) electrons. The summed E-state index contributed by atoms with van der Waals surface area (Å²) in [4.78, 5) is 0. The van der Waals surface area contributed by atoms with E-state index in [2.05, 4.69) is 16.7 Å². The number of benzene rings is 1. The molecule has 1 aromatic carbocycles. The van der Waals surface area contributed by atoms with Gasteiger partial charge in [0.05, 0.1) is 18.2 Å². The Morgan fingerprint density at radius 1 is 1.21 bits per heavy atom. The summed E-state index contributed by atoms with van der Waals surface area (Å²) in [5.41, 5.74) is 1.77. The molecule has 4 nitrogen and oxygen atoms in total. The molecule has 4 heteroatoms. The molecular weight excluding hydrogens is 240 g/mol. The maximum Gasteiger partial charge on any atom is 0.0992 e. The van der Waals surface area contributed by atoms with Crippen molar-refractivity contribution in [3.63, 3.8) is 0 Å². The third-order valence-electron chi connectivity index (χ3n) is 3.02. The Kier molecular flexibility index (Phi) is 4.96. The number of aromatic nitrogens is 1. The SMILES string of the molecule is COCCCOCCn1ccc2ccc(C#N)cc21. The molecule has 2 rings (SSSR count). The van der Waals surface area contributed by atoms with E-state index in [4.69, 9.17) is 14.7 Å². The number of hydrogen-bond acceptors (Lipinski definition) is 3. The van der Waals surface area contributed by atoms with Crippen molar-refractivity contribution in [2.45, 2.75) is 13.0 Å². The summed E-state index contributed by atoms with van der Waals surface area (Å²) in [6, 6.07) is 9.96. The molecule has 0 bridgehead atoms. The van der Waals surface area contributed by atoms with Gasteiger partial charge in [0.25, 0.3) is 0 Å². The fourth-order valence-corrected chi connectivity index (χ4v) is 2.02. The molecule has 1 aromatic heterocycles. The standard InChI is InChI=1S/C15H18N2O2/c1-18-8-2-9-19-10-7-17-6-5-14-4-3-13(12-16)11-15(14)17/h3-6,11H,2,7-10H2,1H3. The lowest BCUT2D eigenvalue weighted by Crippen LogP contribution is -2.07. The largest absolute Gasteiger partial charge is 0.385 e. The van der Waals surface area contributed by atoms with Crippen molar-refractivity contribution in [1.82, 2.24) is 4.57 Å². The van der Waals surface area contributed by atoms with Crippen LogP contribution in [0.4, 0.5) is 0 Å². The number of methoxy groups -OCH3 is 1. The molecule has 1 heterocycles. The summed E-state index contributed by atoms with van der Waals surface area (Å²) in [7, 11) is 1.69. The van der Waals surface area contributed by atoms with E-state index in [-0.39, 0.29) is 0 Å². The Labute approximate surface area is 113 Å². The van der Waals surface area contributed by atoms with Gasteiger partial charge in [0, 0.05) is 38.6 Å². The number of fused-ring (bicyclic) bond motifs is 1. The Morgan fingerprint density at radius 3 is 2.89 bits per heavy atom. The van der Waals surface area contributed by atoms with Crippen molar-refractivity contribution < 1.29 is 9.47 Å². The lowest BCUT2D eigenvalue weighted by Gasteiger charge is -2.07. The first-order valence-corrected chi connectivity index (χ1v) is 6.41. The van der Waals surface area contributed by atoms with Gasteiger partial charge in [-0.25, -0.2) is 0 Å². The zero-order valence-corrected chi connectivity index (χ0v) is 11.1. The second-order valence-corrected chi connectivity index (χ2v) is 4.35. The first kappa shape index (κ1) is 13.6. The molecule has 0 saturated heterocycles. The van der Waals surface area contributed by atoms with Gasteiger partial charge in [0.2, 0.25) is 0 Å². The minimum Gasteiger partial charge on any atom is -0.385 e. The summed E-state index contributed by atoms with van der Waals surface area (Å²) in [5.74, 6) is 0. The number of rotatable bonds is 7. The smallest absolute Gasteiger partial charge is 0.0992 e. The zero-order chi connectivity index (χ0) is 13.5. The van der Waals surface area contributed by atoms with Crippen LogP contribution in [0.2, 0.25) is 0 Å². The Balaban J connectivity index is 1.92. The topological polar surface area (TPSA) is 47.2 Å². The molecule has 100 valence electrons. The second-order valence-electron chi connectivity index (χ2n) is 4.35. The van der Waals surface area contributed by atoms with Gasteiger partial charge in [-0.3, -0.25) is 0 Å². The first-order valence-electron chi connectivity index (χ1n) is 6.41. The summed E-state index contributed by atoms with van der Waals surface area (Å²) in [6.07, 6.45) is 2.95. The number of nitriles is 1. The normalized spacial score (nSPS) is 10.7. The van der Waals surface area contributed by atoms with Crippen molar-refractivity contribution in [3.8, 4) is 6.07 Å². The number of hydrogen-bond donors (Lipinski definition) is 0. The number of ether oxygens (including phenoxy) is 2. The van der Waals surface area contributed by atoms with Gasteiger partial charge in [-0.05, 0) is 30.0 Å². The van der Waals surface area contributed by atoms with Crippen LogP contribution in [-0.2, 0) is 16.0 Å². The van der Waals surface area contributed by atoms with Gasteiger partial charge in [-0.1, -0.05) is 6.07 Å². The molecule has 2 aromatic rings. The van der Waals surface area contributed by atoms with E-state index in [9.17, 15) is 0 Å². The van der Waals surface area contributed by atoms with Crippen LogP contribution in [0.25, 0.3) is 10.9 Å². The van der Waals surface area contributed by atoms with Gasteiger partial charge in [0.15, 0.2) is 0 Å². The van der Waals surface area contributed by atoms with Gasteiger partial charge >= 0.3 is 0 Å². The first-order chi connectivity index (χ1) is 9.35. The molecule has 0 unspecified atom stereocenters. The van der Waals surface area contributed by atoms with Crippen molar-refractivity contribution in [1.29, 1.82) is 5.26 Å². The molecule has 0 fully saturated rings. The van der Waals surface area contributed by atoms with E-state index in [1.165, 1.54) is 0 Å². The van der Waals surface area contributed by atoms with E-state index in [0.717, 1.165) is 37.1 Å². The molecule has 0 aliphatic carbocycles. The van der Waals surface area contributed by atoms with Crippen LogP contribution < -0.4 is 0 Å². The predicted octanol–water partition coefficient (Wildman–Crippen LogP) is 2.57. The number of nitrogens with zero attached hydrogens (tertiary/aromatic N) is 2. The molecule has 0 atom stereocenters. The summed E-state index contributed by atoms with van der Waals surface area (Å²) < 4.78 is 12.6. The molecule has 19 heavy (non-hydrogen) atoms. The second kappa shape index (κ2) is 6.93. The van der Waals surface area contributed by atoms with Crippen molar-refractivity contribution in [2.75, 3.05) is 26.9 Å². The van der Waals surface area contributed by atoms with E-state index in [1.807, 2.05) is 24.4 Å². The third kappa shape index (κ3) is 3.57. The highest BCUT2D eigenvalue weighted by Gasteiger charge is 2.02. The molecular formula is C15H18N2O2. The minimum atomic E-state index is 0.671. The average Bonchev–Trinajstić information content (AvgIpc) is 2.85. The lowest BCUT2D eigenvalue weighted by molar-refractivity contribution is 0.0982. The molecule has 0 saturated carbocycles. The van der Waals surface area contributed by atoms with Crippen LogP contribution in [0, 0.1) is 11.3 Å². The molecule has 0 spiro atoms. The fraction of sp³-hybridized carbons (Fsp3) is 0.400. The van der Waals surface area contributed by atoms with Crippen LogP contribution >= 0.6 is 0 Å². The van der Waals surface area contributed by atoms with E-state index < -0.39 is 0 Å². The Hall–Kier alpha value is -1.83. The van der Waals surface area contributed by atoms with Crippen molar-refractivity contribution in [2.24, 2.45) is 0 Å². The molecule has 0 amide bonds. The average molecular weight is 258 g/mol. The van der Waals surface area contributed by atoms with Crippen LogP contribution in [0.3, 0.4) is 0 Å². The highest BCUT2D eigenvalue weighted by Crippen LogP contribution is 2.17. The lowest BCUT2D eigenvalue weighted by atomic mass is 10.2. The van der Waals surface area contributed by atoms with Crippen LogP contribution in [0.15, 0.2) is 30.5 Å². The van der Waals surface area contributed by atoms with Crippen LogP contribution in [0.5, 0.6) is 0 Å². The fourth-order valence-electron chi connectivity index (χ4n) is 2.02. The van der Waals surface area contributed by atoms with Crippen molar-refractivity contribution >= 4 is 10.9 Å². The van der Waals surface area contributed by atoms with Gasteiger partial charge in [-0.15, -0.1) is 0 Å². The monoisotopic (exact) mass is 258 g/mol. The van der Waals surface area contributed by atoms with Crippen LogP contribution in [0.1, 0.15) is 12.0 Å². The van der Waals surface area contributed by atoms with Gasteiger partial charge in [-0.2, -0.15) is 5.26 Å². The molecule has 0 N–H and O–H groups in total.